The van der Waals surface area contributed by atoms with Crippen LogP contribution in [0.3, 0.4) is 0 Å². The quantitative estimate of drug-likeness (QED) is 0.549. The van der Waals surface area contributed by atoms with E-state index in [1.807, 2.05) is 12.2 Å². The SMILES string of the molecule is C#CC1C=CC2=C(C1)C(C)(C)CCC2=O. The molecular formula is C14H16O. The largest absolute Gasteiger partial charge is 0.294 e. The fourth-order valence-corrected chi connectivity index (χ4v) is 2.44. The Morgan fingerprint density at radius 3 is 2.93 bits per heavy atom. The highest BCUT2D eigenvalue weighted by Gasteiger charge is 2.35. The lowest BCUT2D eigenvalue weighted by Gasteiger charge is -2.36. The van der Waals surface area contributed by atoms with Crippen LogP contribution in [-0.2, 0) is 4.79 Å². The summed E-state index contributed by atoms with van der Waals surface area (Å²) in [6, 6.07) is 0. The number of ketones is 1. The molecule has 0 heterocycles. The summed E-state index contributed by atoms with van der Waals surface area (Å²) >= 11 is 0. The number of carbonyl (C=O) groups is 1. The van der Waals surface area contributed by atoms with Gasteiger partial charge in [0, 0.05) is 17.9 Å². The average molecular weight is 200 g/mol. The highest BCUT2D eigenvalue weighted by atomic mass is 16.1. The molecule has 0 amide bonds. The molecule has 0 aliphatic heterocycles. The molecule has 78 valence electrons. The zero-order valence-electron chi connectivity index (χ0n) is 9.34. The lowest BCUT2D eigenvalue weighted by molar-refractivity contribution is -0.116. The molecule has 0 saturated heterocycles. The predicted octanol–water partition coefficient (Wildman–Crippen LogP) is 2.88. The molecule has 2 aliphatic carbocycles. The number of terminal acetylenes is 1. The summed E-state index contributed by atoms with van der Waals surface area (Å²) in [5.41, 5.74) is 2.34. The van der Waals surface area contributed by atoms with Crippen LogP contribution >= 0.6 is 0 Å². The molecule has 0 saturated carbocycles. The molecule has 1 heteroatoms. The zero-order valence-corrected chi connectivity index (χ0v) is 9.34. The maximum Gasteiger partial charge on any atom is 0.162 e. The summed E-state index contributed by atoms with van der Waals surface area (Å²) in [5.74, 6) is 3.22. The van der Waals surface area contributed by atoms with Gasteiger partial charge in [0.1, 0.15) is 0 Å². The van der Waals surface area contributed by atoms with E-state index in [1.165, 1.54) is 5.57 Å². The minimum Gasteiger partial charge on any atom is -0.294 e. The van der Waals surface area contributed by atoms with Crippen LogP contribution in [0, 0.1) is 23.7 Å². The van der Waals surface area contributed by atoms with Gasteiger partial charge in [-0.25, -0.2) is 0 Å². The summed E-state index contributed by atoms with van der Waals surface area (Å²) in [5, 5.41) is 0. The zero-order chi connectivity index (χ0) is 11.1. The number of hydrogen-bond donors (Lipinski definition) is 0. The van der Waals surface area contributed by atoms with E-state index < -0.39 is 0 Å². The van der Waals surface area contributed by atoms with E-state index in [4.69, 9.17) is 6.42 Å². The maximum atomic E-state index is 11.8. The van der Waals surface area contributed by atoms with Crippen LogP contribution in [0.15, 0.2) is 23.3 Å². The minimum absolute atomic E-state index is 0.142. The third kappa shape index (κ3) is 1.65. The fraction of sp³-hybridized carbons (Fsp3) is 0.500. The Morgan fingerprint density at radius 2 is 2.27 bits per heavy atom. The Kier molecular flexibility index (Phi) is 2.31. The molecular weight excluding hydrogens is 184 g/mol. The number of allylic oxidation sites excluding steroid dienone is 4. The second-order valence-corrected chi connectivity index (χ2v) is 5.04. The molecule has 2 aliphatic rings. The second-order valence-electron chi connectivity index (χ2n) is 5.04. The predicted molar refractivity (Wildman–Crippen MR) is 61.1 cm³/mol. The molecule has 0 bridgehead atoms. The summed E-state index contributed by atoms with van der Waals surface area (Å²) in [7, 11) is 0. The van der Waals surface area contributed by atoms with Crippen molar-refractivity contribution in [1.82, 2.24) is 0 Å². The van der Waals surface area contributed by atoms with Crippen LogP contribution in [0.1, 0.15) is 33.1 Å². The van der Waals surface area contributed by atoms with Crippen molar-refractivity contribution in [2.75, 3.05) is 0 Å². The molecule has 0 aromatic rings. The maximum absolute atomic E-state index is 11.8. The highest BCUT2D eigenvalue weighted by Crippen LogP contribution is 2.44. The average Bonchev–Trinajstić information content (AvgIpc) is 2.24. The van der Waals surface area contributed by atoms with Gasteiger partial charge in [-0.2, -0.15) is 0 Å². The van der Waals surface area contributed by atoms with Crippen molar-refractivity contribution in [3.63, 3.8) is 0 Å². The van der Waals surface area contributed by atoms with Gasteiger partial charge >= 0.3 is 0 Å². The topological polar surface area (TPSA) is 17.1 Å². The standard InChI is InChI=1S/C14H16O/c1-4-10-5-6-11-12(9-10)14(2,3)8-7-13(11)15/h1,5-6,10H,7-9H2,2-3H3. The van der Waals surface area contributed by atoms with E-state index in [0.29, 0.717) is 6.42 Å². The van der Waals surface area contributed by atoms with Crippen LogP contribution < -0.4 is 0 Å². The Balaban J connectivity index is 2.44. The molecule has 1 nitrogen and oxygen atoms in total. The second kappa shape index (κ2) is 3.38. The monoisotopic (exact) mass is 200 g/mol. The Bertz CT molecular complexity index is 402. The van der Waals surface area contributed by atoms with Crippen molar-refractivity contribution in [2.24, 2.45) is 11.3 Å². The highest BCUT2D eigenvalue weighted by molar-refractivity contribution is 6.00. The van der Waals surface area contributed by atoms with Gasteiger partial charge in [-0.05, 0) is 18.3 Å². The number of hydrogen-bond acceptors (Lipinski definition) is 1. The van der Waals surface area contributed by atoms with E-state index in [0.717, 1.165) is 18.4 Å². The Labute approximate surface area is 91.3 Å². The van der Waals surface area contributed by atoms with Crippen molar-refractivity contribution < 1.29 is 4.79 Å². The minimum atomic E-state index is 0.142. The third-order valence-electron chi connectivity index (χ3n) is 3.55. The van der Waals surface area contributed by atoms with E-state index >= 15 is 0 Å². The first-order chi connectivity index (χ1) is 7.04. The van der Waals surface area contributed by atoms with Gasteiger partial charge in [-0.1, -0.05) is 37.5 Å². The van der Waals surface area contributed by atoms with Gasteiger partial charge in [0.25, 0.3) is 0 Å². The molecule has 2 rings (SSSR count). The normalized spacial score (nSPS) is 28.6. The fourth-order valence-electron chi connectivity index (χ4n) is 2.44. The Hall–Kier alpha value is -1.29. The van der Waals surface area contributed by atoms with Gasteiger partial charge in [0.2, 0.25) is 0 Å². The molecule has 0 aromatic carbocycles. The number of carbonyl (C=O) groups excluding carboxylic acids is 1. The molecule has 0 fully saturated rings. The summed E-state index contributed by atoms with van der Waals surface area (Å²) in [6.07, 6.45) is 11.9. The van der Waals surface area contributed by atoms with E-state index in [2.05, 4.69) is 19.8 Å². The summed E-state index contributed by atoms with van der Waals surface area (Å²) < 4.78 is 0. The molecule has 1 unspecified atom stereocenters. The first-order valence-electron chi connectivity index (χ1n) is 5.46. The van der Waals surface area contributed by atoms with Crippen molar-refractivity contribution >= 4 is 5.78 Å². The smallest absolute Gasteiger partial charge is 0.162 e. The summed E-state index contributed by atoms with van der Waals surface area (Å²) in [4.78, 5) is 11.8. The molecule has 1 atom stereocenters. The van der Waals surface area contributed by atoms with Crippen molar-refractivity contribution in [3.05, 3.63) is 23.3 Å². The van der Waals surface area contributed by atoms with Gasteiger partial charge in [-0.15, -0.1) is 6.42 Å². The summed E-state index contributed by atoms with van der Waals surface area (Å²) in [6.45, 7) is 4.42. The van der Waals surface area contributed by atoms with Crippen LogP contribution in [0.4, 0.5) is 0 Å². The number of Topliss-reactive ketones (excluding diaryl/α,β-unsaturated/α-hetero) is 1. The molecule has 0 radical (unpaired) electrons. The Morgan fingerprint density at radius 1 is 1.53 bits per heavy atom. The lowest BCUT2D eigenvalue weighted by Crippen LogP contribution is -2.28. The van der Waals surface area contributed by atoms with Crippen LogP contribution in [0.25, 0.3) is 0 Å². The molecule has 0 N–H and O–H groups in total. The van der Waals surface area contributed by atoms with Gasteiger partial charge < -0.3 is 0 Å². The third-order valence-corrected chi connectivity index (χ3v) is 3.55. The van der Waals surface area contributed by atoms with Crippen LogP contribution in [0.2, 0.25) is 0 Å². The van der Waals surface area contributed by atoms with Crippen LogP contribution in [0.5, 0.6) is 0 Å². The van der Waals surface area contributed by atoms with Crippen molar-refractivity contribution in [2.45, 2.75) is 33.1 Å². The van der Waals surface area contributed by atoms with Gasteiger partial charge in [0.15, 0.2) is 5.78 Å². The number of rotatable bonds is 0. The van der Waals surface area contributed by atoms with E-state index in [1.54, 1.807) is 0 Å². The van der Waals surface area contributed by atoms with Crippen LogP contribution in [-0.4, -0.2) is 5.78 Å². The van der Waals surface area contributed by atoms with Gasteiger partial charge in [-0.3, -0.25) is 4.79 Å². The molecule has 0 aromatic heterocycles. The van der Waals surface area contributed by atoms with E-state index in [-0.39, 0.29) is 17.1 Å². The lowest BCUT2D eigenvalue weighted by atomic mass is 9.67. The van der Waals surface area contributed by atoms with Gasteiger partial charge in [0.05, 0.1) is 0 Å². The first kappa shape index (κ1) is 10.2. The van der Waals surface area contributed by atoms with Crippen molar-refractivity contribution in [3.8, 4) is 12.3 Å². The molecule has 0 spiro atoms. The van der Waals surface area contributed by atoms with E-state index in [9.17, 15) is 4.79 Å². The van der Waals surface area contributed by atoms with Crippen molar-refractivity contribution in [1.29, 1.82) is 0 Å². The first-order valence-corrected chi connectivity index (χ1v) is 5.46. The molecule has 15 heavy (non-hydrogen) atoms.